The molecule has 0 aliphatic carbocycles. The van der Waals surface area contributed by atoms with E-state index in [2.05, 4.69) is 14.6 Å². The van der Waals surface area contributed by atoms with Crippen LogP contribution in [0.15, 0.2) is 47.6 Å². The van der Waals surface area contributed by atoms with E-state index >= 15 is 0 Å². The number of rotatable bonds is 7. The van der Waals surface area contributed by atoms with Crippen LogP contribution in [0.4, 0.5) is 0 Å². The number of piperazine rings is 1. The topological polar surface area (TPSA) is 91.8 Å². The quantitative estimate of drug-likeness (QED) is 0.655. The molecular formula is C22H27ClN4O4S. The van der Waals surface area contributed by atoms with Crippen molar-refractivity contribution in [3.05, 3.63) is 58.9 Å². The van der Waals surface area contributed by atoms with Gasteiger partial charge >= 0.3 is 0 Å². The van der Waals surface area contributed by atoms with Crippen molar-refractivity contribution < 1.29 is 17.9 Å². The van der Waals surface area contributed by atoms with Crippen LogP contribution >= 0.6 is 11.6 Å². The van der Waals surface area contributed by atoms with E-state index in [1.54, 1.807) is 23.4 Å². The lowest BCUT2D eigenvalue weighted by Crippen LogP contribution is -2.48. The van der Waals surface area contributed by atoms with Gasteiger partial charge in [-0.3, -0.25) is 14.7 Å². The average Bonchev–Trinajstić information content (AvgIpc) is 3.33. The second-order valence-electron chi connectivity index (χ2n) is 8.06. The zero-order valence-corrected chi connectivity index (χ0v) is 19.3. The van der Waals surface area contributed by atoms with Crippen molar-refractivity contribution in [3.63, 3.8) is 0 Å². The van der Waals surface area contributed by atoms with Gasteiger partial charge < -0.3 is 9.64 Å². The molecule has 2 fully saturated rings. The Hall–Kier alpha value is -2.04. The van der Waals surface area contributed by atoms with Gasteiger partial charge in [0.1, 0.15) is 4.90 Å². The van der Waals surface area contributed by atoms with E-state index in [0.29, 0.717) is 25.3 Å². The number of aromatic nitrogens is 1. The Labute approximate surface area is 193 Å². The summed E-state index contributed by atoms with van der Waals surface area (Å²) in [7, 11) is -3.85. The largest absolute Gasteiger partial charge is 0.377 e. The molecule has 3 heterocycles. The normalized spacial score (nSPS) is 19.9. The fraction of sp³-hybridized carbons (Fsp3) is 0.455. The van der Waals surface area contributed by atoms with E-state index in [4.69, 9.17) is 16.3 Å². The molecule has 8 nitrogen and oxygen atoms in total. The van der Waals surface area contributed by atoms with Crippen molar-refractivity contribution in [1.29, 1.82) is 0 Å². The first-order valence-corrected chi connectivity index (χ1v) is 12.6. The molecule has 1 aromatic heterocycles. The minimum atomic E-state index is -3.85. The van der Waals surface area contributed by atoms with E-state index in [-0.39, 0.29) is 28.5 Å². The number of amides is 1. The number of hydrogen-bond donors (Lipinski definition) is 1. The van der Waals surface area contributed by atoms with Gasteiger partial charge in [-0.05, 0) is 48.7 Å². The Kier molecular flexibility index (Phi) is 7.42. The van der Waals surface area contributed by atoms with Crippen molar-refractivity contribution in [1.82, 2.24) is 19.5 Å². The molecule has 0 saturated carbocycles. The minimum absolute atomic E-state index is 0.0839. The van der Waals surface area contributed by atoms with Crippen LogP contribution in [0.2, 0.25) is 5.02 Å². The number of pyridine rings is 1. The zero-order valence-electron chi connectivity index (χ0n) is 17.7. The Morgan fingerprint density at radius 3 is 2.59 bits per heavy atom. The molecule has 1 atom stereocenters. The summed E-state index contributed by atoms with van der Waals surface area (Å²) in [4.78, 5) is 21.0. The predicted molar refractivity (Wildman–Crippen MR) is 121 cm³/mol. The van der Waals surface area contributed by atoms with Gasteiger partial charge in [0, 0.05) is 63.8 Å². The third-order valence-electron chi connectivity index (χ3n) is 5.81. The highest BCUT2D eigenvalue weighted by atomic mass is 35.5. The SMILES string of the molecule is O=C(c1ccc(Cl)c(S(=O)(=O)NC[C@H]2CCCO2)c1)N1CCN(Cc2ccncc2)CC1. The number of carbonyl (C=O) groups is 1. The molecule has 0 bridgehead atoms. The Balaban J connectivity index is 1.38. The number of carbonyl (C=O) groups excluding carboxylic acids is 1. The maximum absolute atomic E-state index is 13.0. The monoisotopic (exact) mass is 478 g/mol. The maximum atomic E-state index is 13.0. The van der Waals surface area contributed by atoms with Crippen LogP contribution < -0.4 is 4.72 Å². The van der Waals surface area contributed by atoms with E-state index in [1.807, 2.05) is 12.1 Å². The third kappa shape index (κ3) is 5.65. The van der Waals surface area contributed by atoms with Crippen molar-refractivity contribution >= 4 is 27.5 Å². The maximum Gasteiger partial charge on any atom is 0.253 e. The lowest BCUT2D eigenvalue weighted by atomic mass is 10.1. The molecule has 2 aliphatic rings. The van der Waals surface area contributed by atoms with E-state index in [9.17, 15) is 13.2 Å². The molecule has 10 heteroatoms. The number of hydrogen-bond acceptors (Lipinski definition) is 6. The Morgan fingerprint density at radius 2 is 1.91 bits per heavy atom. The second-order valence-corrected chi connectivity index (χ2v) is 10.2. The molecule has 172 valence electrons. The van der Waals surface area contributed by atoms with E-state index < -0.39 is 10.0 Å². The number of nitrogens with one attached hydrogen (secondary N) is 1. The minimum Gasteiger partial charge on any atom is -0.377 e. The number of halogens is 1. The first-order valence-electron chi connectivity index (χ1n) is 10.7. The van der Waals surface area contributed by atoms with E-state index in [0.717, 1.165) is 32.5 Å². The molecule has 1 N–H and O–H groups in total. The smallest absolute Gasteiger partial charge is 0.253 e. The van der Waals surface area contributed by atoms with Crippen LogP contribution in [0.1, 0.15) is 28.8 Å². The number of benzene rings is 1. The summed E-state index contributed by atoms with van der Waals surface area (Å²) in [5, 5.41) is 0.0866. The van der Waals surface area contributed by atoms with Crippen LogP contribution in [0.3, 0.4) is 0 Å². The van der Waals surface area contributed by atoms with Crippen molar-refractivity contribution in [2.75, 3.05) is 39.3 Å². The lowest BCUT2D eigenvalue weighted by Gasteiger charge is -2.34. The standard InChI is InChI=1S/C22H27ClN4O4S/c23-20-4-3-18(14-21(20)32(29,30)25-15-19-2-1-13-31-19)22(28)27-11-9-26(10-12-27)16-17-5-7-24-8-6-17/h3-8,14,19,25H,1-2,9-13,15-16H2/t19-/m1/s1. The summed E-state index contributed by atoms with van der Waals surface area (Å²) in [6, 6.07) is 8.38. The molecular weight excluding hydrogens is 452 g/mol. The molecule has 1 amide bonds. The van der Waals surface area contributed by atoms with Gasteiger partial charge in [-0.25, -0.2) is 13.1 Å². The summed E-state index contributed by atoms with van der Waals surface area (Å²) in [6.07, 6.45) is 5.17. The summed E-state index contributed by atoms with van der Waals surface area (Å²) in [6.45, 7) is 4.29. The van der Waals surface area contributed by atoms with Crippen LogP contribution in [-0.4, -0.2) is 74.5 Å². The van der Waals surface area contributed by atoms with Gasteiger partial charge in [-0.2, -0.15) is 0 Å². The number of ether oxygens (including phenoxy) is 1. The van der Waals surface area contributed by atoms with Crippen molar-refractivity contribution in [2.45, 2.75) is 30.4 Å². The highest BCUT2D eigenvalue weighted by Crippen LogP contribution is 2.24. The molecule has 2 aliphatic heterocycles. The molecule has 0 spiro atoms. The molecule has 1 aromatic carbocycles. The van der Waals surface area contributed by atoms with Crippen LogP contribution in [0.25, 0.3) is 0 Å². The Bertz CT molecular complexity index is 1040. The van der Waals surface area contributed by atoms with Crippen LogP contribution in [-0.2, 0) is 21.3 Å². The first kappa shape index (κ1) is 23.1. The highest BCUT2D eigenvalue weighted by molar-refractivity contribution is 7.89. The summed E-state index contributed by atoms with van der Waals surface area (Å²) >= 11 is 6.18. The zero-order chi connectivity index (χ0) is 22.6. The molecule has 0 radical (unpaired) electrons. The molecule has 2 saturated heterocycles. The molecule has 0 unspecified atom stereocenters. The number of nitrogens with zero attached hydrogens (tertiary/aromatic N) is 3. The summed E-state index contributed by atoms with van der Waals surface area (Å²) in [5.74, 6) is -0.194. The van der Waals surface area contributed by atoms with Gasteiger partial charge in [-0.1, -0.05) is 11.6 Å². The van der Waals surface area contributed by atoms with Gasteiger partial charge in [0.05, 0.1) is 11.1 Å². The highest BCUT2D eigenvalue weighted by Gasteiger charge is 2.26. The number of sulfonamides is 1. The predicted octanol–water partition coefficient (Wildman–Crippen LogP) is 2.15. The second kappa shape index (κ2) is 10.3. The molecule has 4 rings (SSSR count). The molecule has 2 aromatic rings. The van der Waals surface area contributed by atoms with Gasteiger partial charge in [-0.15, -0.1) is 0 Å². The van der Waals surface area contributed by atoms with Crippen LogP contribution in [0, 0.1) is 0 Å². The van der Waals surface area contributed by atoms with Gasteiger partial charge in [0.15, 0.2) is 0 Å². The fourth-order valence-electron chi connectivity index (χ4n) is 3.97. The van der Waals surface area contributed by atoms with Crippen molar-refractivity contribution in [3.8, 4) is 0 Å². The molecule has 32 heavy (non-hydrogen) atoms. The first-order chi connectivity index (χ1) is 15.4. The third-order valence-corrected chi connectivity index (χ3v) is 7.71. The lowest BCUT2D eigenvalue weighted by molar-refractivity contribution is 0.0628. The van der Waals surface area contributed by atoms with Gasteiger partial charge in [0.2, 0.25) is 10.0 Å². The van der Waals surface area contributed by atoms with Gasteiger partial charge in [0.25, 0.3) is 5.91 Å². The average molecular weight is 479 g/mol. The van der Waals surface area contributed by atoms with Crippen LogP contribution in [0.5, 0.6) is 0 Å². The van der Waals surface area contributed by atoms with Crippen molar-refractivity contribution in [2.24, 2.45) is 0 Å². The summed E-state index contributed by atoms with van der Waals surface area (Å²) in [5.41, 5.74) is 1.50. The Morgan fingerprint density at radius 1 is 1.16 bits per heavy atom. The summed E-state index contributed by atoms with van der Waals surface area (Å²) < 4.78 is 33.6. The fourth-order valence-corrected chi connectivity index (χ4v) is 5.56. The van der Waals surface area contributed by atoms with E-state index in [1.165, 1.54) is 17.7 Å².